The van der Waals surface area contributed by atoms with Gasteiger partial charge >= 0.3 is 6.18 Å². The van der Waals surface area contributed by atoms with Gasteiger partial charge in [-0.05, 0) is 32.0 Å². The van der Waals surface area contributed by atoms with Crippen molar-refractivity contribution in [1.82, 2.24) is 14.9 Å². The Morgan fingerprint density at radius 3 is 2.57 bits per heavy atom. The Morgan fingerprint density at radius 1 is 1.33 bits per heavy atom. The third kappa shape index (κ3) is 3.19. The topological polar surface area (TPSA) is 50.1 Å². The van der Waals surface area contributed by atoms with Gasteiger partial charge < -0.3 is 15.0 Å². The molecule has 0 aliphatic heterocycles. The van der Waals surface area contributed by atoms with Crippen LogP contribution in [0.3, 0.4) is 0 Å². The molecule has 0 spiro atoms. The average molecular weight is 301 g/mol. The van der Waals surface area contributed by atoms with E-state index in [0.29, 0.717) is 16.9 Å². The van der Waals surface area contributed by atoms with Crippen molar-refractivity contribution in [2.24, 2.45) is 7.05 Å². The van der Waals surface area contributed by atoms with Crippen LogP contribution >= 0.6 is 0 Å². The van der Waals surface area contributed by atoms with Crippen molar-refractivity contribution >= 4 is 11.0 Å². The summed E-state index contributed by atoms with van der Waals surface area (Å²) in [5.41, 5.74) is 0.250. The number of aliphatic hydroxyl groups excluding tert-OH is 1. The lowest BCUT2D eigenvalue weighted by atomic mass is 10.2. The molecule has 2 rings (SSSR count). The summed E-state index contributed by atoms with van der Waals surface area (Å²) >= 11 is 0. The Kier molecular flexibility index (Phi) is 4.25. The minimum absolute atomic E-state index is 0.0213. The van der Waals surface area contributed by atoms with Gasteiger partial charge in [-0.1, -0.05) is 0 Å². The van der Waals surface area contributed by atoms with Gasteiger partial charge in [0.15, 0.2) is 0 Å². The molecular weight excluding hydrogens is 283 g/mol. The van der Waals surface area contributed by atoms with Crippen molar-refractivity contribution in [1.29, 1.82) is 0 Å². The van der Waals surface area contributed by atoms with Crippen LogP contribution in [0, 0.1) is 0 Å². The molecule has 0 fully saturated rings. The second kappa shape index (κ2) is 5.65. The number of fused-ring (bicyclic) bond motifs is 1. The Balaban J connectivity index is 2.41. The van der Waals surface area contributed by atoms with Crippen LogP contribution in [0.1, 0.15) is 31.3 Å². The van der Waals surface area contributed by atoms with Crippen molar-refractivity contribution in [2.45, 2.75) is 32.1 Å². The molecule has 2 N–H and O–H groups in total. The molecule has 21 heavy (non-hydrogen) atoms. The fourth-order valence-electron chi connectivity index (χ4n) is 2.34. The number of rotatable bonds is 4. The summed E-state index contributed by atoms with van der Waals surface area (Å²) in [7, 11) is 1.76. The lowest BCUT2D eigenvalue weighted by molar-refractivity contribution is -0.137. The second-order valence-corrected chi connectivity index (χ2v) is 5.20. The number of imidazole rings is 1. The van der Waals surface area contributed by atoms with E-state index in [1.54, 1.807) is 11.6 Å². The van der Waals surface area contributed by atoms with E-state index in [9.17, 15) is 13.2 Å². The Morgan fingerprint density at radius 2 is 2.00 bits per heavy atom. The normalized spacial score (nSPS) is 15.4. The van der Waals surface area contributed by atoms with Gasteiger partial charge in [0.1, 0.15) is 5.82 Å². The molecule has 116 valence electrons. The Hall–Kier alpha value is -1.60. The zero-order chi connectivity index (χ0) is 15.8. The number of aliphatic hydroxyl groups is 1. The number of nitrogens with zero attached hydrogens (tertiary/aromatic N) is 2. The van der Waals surface area contributed by atoms with Gasteiger partial charge in [-0.25, -0.2) is 4.98 Å². The van der Waals surface area contributed by atoms with Crippen LogP contribution in [0.2, 0.25) is 0 Å². The van der Waals surface area contributed by atoms with Crippen LogP contribution in [0.15, 0.2) is 18.2 Å². The van der Waals surface area contributed by atoms with Gasteiger partial charge in [-0.2, -0.15) is 13.2 Å². The standard InChI is InChI=1S/C14H18F3N3O/c1-8(7-21)18-9(2)13-19-11-6-10(14(15,16)17)4-5-12(11)20(13)3/h4-6,8-9,18,21H,7H2,1-3H3/t8-,9?/m1/s1. The third-order valence-electron chi connectivity index (χ3n) is 3.44. The number of aromatic nitrogens is 2. The molecule has 1 heterocycles. The number of halogens is 3. The first-order chi connectivity index (χ1) is 9.74. The van der Waals surface area contributed by atoms with Crippen LogP contribution in [-0.4, -0.2) is 27.3 Å². The molecule has 1 unspecified atom stereocenters. The van der Waals surface area contributed by atoms with E-state index in [2.05, 4.69) is 10.3 Å². The molecule has 0 amide bonds. The first-order valence-corrected chi connectivity index (χ1v) is 6.64. The van der Waals surface area contributed by atoms with Gasteiger partial charge in [0.2, 0.25) is 0 Å². The predicted molar refractivity (Wildman–Crippen MR) is 73.8 cm³/mol. The van der Waals surface area contributed by atoms with Gasteiger partial charge in [-0.3, -0.25) is 0 Å². The molecule has 7 heteroatoms. The minimum Gasteiger partial charge on any atom is -0.395 e. The number of alkyl halides is 3. The van der Waals surface area contributed by atoms with Crippen molar-refractivity contribution in [3.05, 3.63) is 29.6 Å². The summed E-state index contributed by atoms with van der Waals surface area (Å²) in [5.74, 6) is 0.629. The zero-order valence-electron chi connectivity index (χ0n) is 12.1. The van der Waals surface area contributed by atoms with E-state index in [-0.39, 0.29) is 18.7 Å². The third-order valence-corrected chi connectivity index (χ3v) is 3.44. The molecule has 1 aromatic carbocycles. The van der Waals surface area contributed by atoms with Gasteiger partial charge in [0.25, 0.3) is 0 Å². The minimum atomic E-state index is -4.37. The monoisotopic (exact) mass is 301 g/mol. The number of aryl methyl sites for hydroxylation is 1. The summed E-state index contributed by atoms with van der Waals surface area (Å²) in [6, 6.07) is 3.24. The maximum absolute atomic E-state index is 12.7. The molecule has 0 saturated heterocycles. The number of hydrogen-bond donors (Lipinski definition) is 2. The number of hydrogen-bond acceptors (Lipinski definition) is 3. The molecule has 4 nitrogen and oxygen atoms in total. The van der Waals surface area contributed by atoms with Crippen LogP contribution in [0.4, 0.5) is 13.2 Å². The highest BCUT2D eigenvalue weighted by molar-refractivity contribution is 5.77. The van der Waals surface area contributed by atoms with Crippen molar-refractivity contribution in [3.63, 3.8) is 0 Å². The molecule has 2 atom stereocenters. The lowest BCUT2D eigenvalue weighted by Crippen LogP contribution is -2.32. The highest BCUT2D eigenvalue weighted by Gasteiger charge is 2.31. The summed E-state index contributed by atoms with van der Waals surface area (Å²) in [4.78, 5) is 4.29. The highest BCUT2D eigenvalue weighted by atomic mass is 19.4. The summed E-state index contributed by atoms with van der Waals surface area (Å²) in [6.45, 7) is 3.66. The first kappa shape index (κ1) is 15.8. The second-order valence-electron chi connectivity index (χ2n) is 5.20. The largest absolute Gasteiger partial charge is 0.416 e. The van der Waals surface area contributed by atoms with E-state index in [1.807, 2.05) is 13.8 Å². The van der Waals surface area contributed by atoms with Crippen molar-refractivity contribution in [2.75, 3.05) is 6.61 Å². The van der Waals surface area contributed by atoms with Crippen LogP contribution in [0.5, 0.6) is 0 Å². The smallest absolute Gasteiger partial charge is 0.395 e. The van der Waals surface area contributed by atoms with Gasteiger partial charge in [0.05, 0.1) is 29.2 Å². The molecule has 2 aromatic rings. The van der Waals surface area contributed by atoms with E-state index < -0.39 is 11.7 Å². The van der Waals surface area contributed by atoms with Crippen LogP contribution < -0.4 is 5.32 Å². The number of nitrogens with one attached hydrogen (secondary N) is 1. The summed E-state index contributed by atoms with van der Waals surface area (Å²) < 4.78 is 39.9. The SMILES string of the molecule is CC(N[C@H](C)CO)c1nc2cc(C(F)(F)F)ccc2n1C. The maximum atomic E-state index is 12.7. The Bertz CT molecular complexity index is 636. The summed E-state index contributed by atoms with van der Waals surface area (Å²) in [5, 5.41) is 12.2. The molecule has 0 aliphatic rings. The molecule has 0 radical (unpaired) electrons. The average Bonchev–Trinajstić information content (AvgIpc) is 2.74. The van der Waals surface area contributed by atoms with E-state index in [1.165, 1.54) is 6.07 Å². The quantitative estimate of drug-likeness (QED) is 0.912. The summed E-state index contributed by atoms with van der Waals surface area (Å²) in [6.07, 6.45) is -4.37. The fraction of sp³-hybridized carbons (Fsp3) is 0.500. The molecule has 0 aliphatic carbocycles. The first-order valence-electron chi connectivity index (χ1n) is 6.64. The van der Waals surface area contributed by atoms with E-state index >= 15 is 0 Å². The van der Waals surface area contributed by atoms with E-state index in [4.69, 9.17) is 5.11 Å². The maximum Gasteiger partial charge on any atom is 0.416 e. The number of benzene rings is 1. The highest BCUT2D eigenvalue weighted by Crippen LogP contribution is 2.31. The molecule has 0 saturated carbocycles. The van der Waals surface area contributed by atoms with E-state index in [0.717, 1.165) is 12.1 Å². The van der Waals surface area contributed by atoms with Crippen molar-refractivity contribution < 1.29 is 18.3 Å². The predicted octanol–water partition coefficient (Wildman–Crippen LogP) is 2.62. The zero-order valence-corrected chi connectivity index (χ0v) is 12.1. The van der Waals surface area contributed by atoms with Crippen LogP contribution in [-0.2, 0) is 13.2 Å². The fourth-order valence-corrected chi connectivity index (χ4v) is 2.34. The van der Waals surface area contributed by atoms with Gasteiger partial charge in [-0.15, -0.1) is 0 Å². The molecule has 0 bridgehead atoms. The molecule has 1 aromatic heterocycles. The van der Waals surface area contributed by atoms with Gasteiger partial charge in [0, 0.05) is 13.1 Å². The lowest BCUT2D eigenvalue weighted by Gasteiger charge is -2.17. The molecular formula is C14H18F3N3O. The van der Waals surface area contributed by atoms with Crippen molar-refractivity contribution in [3.8, 4) is 0 Å². The Labute approximate surface area is 120 Å². The van der Waals surface area contributed by atoms with Crippen LogP contribution in [0.25, 0.3) is 11.0 Å².